The van der Waals surface area contributed by atoms with E-state index in [1.54, 1.807) is 6.08 Å². The average molecular weight is 234 g/mol. The van der Waals surface area contributed by atoms with Crippen LogP contribution in [0.1, 0.15) is 33.6 Å². The van der Waals surface area contributed by atoms with Crippen LogP contribution in [0.4, 0.5) is 0 Å². The Morgan fingerprint density at radius 3 is 2.71 bits per heavy atom. The van der Waals surface area contributed by atoms with E-state index >= 15 is 0 Å². The maximum atomic E-state index is 8.76. The Morgan fingerprint density at radius 2 is 2.18 bits per heavy atom. The van der Waals surface area contributed by atoms with Crippen molar-refractivity contribution in [2.75, 3.05) is 6.61 Å². The molecule has 4 heteroatoms. The van der Waals surface area contributed by atoms with Crippen molar-refractivity contribution in [1.29, 1.82) is 10.5 Å². The number of hydrogen-bond donors (Lipinski definition) is 0. The van der Waals surface area contributed by atoms with Crippen LogP contribution in [0.25, 0.3) is 0 Å². The zero-order valence-corrected chi connectivity index (χ0v) is 10.6. The second-order valence-corrected chi connectivity index (χ2v) is 4.55. The topological polar surface area (TPSA) is 66.0 Å². The van der Waals surface area contributed by atoms with Crippen molar-refractivity contribution < 1.29 is 9.47 Å². The van der Waals surface area contributed by atoms with Crippen LogP contribution in [0.15, 0.2) is 11.6 Å². The molecular formula is C13H18N2O2. The van der Waals surface area contributed by atoms with Gasteiger partial charge in [-0.05, 0) is 32.8 Å². The molecule has 1 aliphatic rings. The van der Waals surface area contributed by atoms with E-state index in [4.69, 9.17) is 20.0 Å². The molecule has 0 aliphatic carbocycles. The van der Waals surface area contributed by atoms with Crippen molar-refractivity contribution >= 4 is 0 Å². The number of hydrogen-bond acceptors (Lipinski definition) is 4. The molecule has 1 rings (SSSR count). The van der Waals surface area contributed by atoms with Crippen LogP contribution in [0.2, 0.25) is 0 Å². The highest BCUT2D eigenvalue weighted by Crippen LogP contribution is 2.34. The van der Waals surface area contributed by atoms with Gasteiger partial charge < -0.3 is 9.47 Å². The van der Waals surface area contributed by atoms with E-state index in [0.29, 0.717) is 12.5 Å². The molecule has 0 spiro atoms. The van der Waals surface area contributed by atoms with Crippen LogP contribution in [0.3, 0.4) is 0 Å². The molecule has 0 saturated carbocycles. The number of nitrogens with zero attached hydrogens (tertiary/aromatic N) is 2. The lowest BCUT2D eigenvalue weighted by atomic mass is 9.88. The van der Waals surface area contributed by atoms with Gasteiger partial charge in [0.15, 0.2) is 6.29 Å². The molecule has 3 unspecified atom stereocenters. The highest BCUT2D eigenvalue weighted by molar-refractivity contribution is 5.37. The molecule has 0 aromatic carbocycles. The predicted molar refractivity (Wildman–Crippen MR) is 62.6 cm³/mol. The van der Waals surface area contributed by atoms with E-state index < -0.39 is 5.60 Å². The van der Waals surface area contributed by atoms with Gasteiger partial charge in [0.2, 0.25) is 0 Å². The minimum absolute atomic E-state index is 0.0947. The fourth-order valence-electron chi connectivity index (χ4n) is 1.95. The highest BCUT2D eigenvalue weighted by atomic mass is 16.7. The first-order valence-electron chi connectivity index (χ1n) is 5.87. The summed E-state index contributed by atoms with van der Waals surface area (Å²) in [5.41, 5.74) is -0.482. The van der Waals surface area contributed by atoms with Crippen LogP contribution < -0.4 is 0 Å². The monoisotopic (exact) mass is 234 g/mol. The minimum atomic E-state index is -0.576. The molecule has 3 atom stereocenters. The largest absolute Gasteiger partial charge is 0.353 e. The van der Waals surface area contributed by atoms with Crippen molar-refractivity contribution in [2.45, 2.75) is 45.5 Å². The van der Waals surface area contributed by atoms with Crippen molar-refractivity contribution in [1.82, 2.24) is 0 Å². The van der Waals surface area contributed by atoms with E-state index in [9.17, 15) is 0 Å². The molecule has 1 saturated heterocycles. The summed E-state index contributed by atoms with van der Waals surface area (Å²) in [5, 5.41) is 17.5. The fraction of sp³-hybridized carbons (Fsp3) is 0.692. The normalized spacial score (nSPS) is 32.3. The Labute approximate surface area is 102 Å². The standard InChI is InChI=1S/C13H18N2O2/c1-4-16-12-10(2)5-6-13(3,17-12)7-11(8-14)9-15/h7,10,12H,4-6H2,1-3H3. The van der Waals surface area contributed by atoms with Gasteiger partial charge in [-0.3, -0.25) is 0 Å². The Hall–Kier alpha value is -1.36. The zero-order chi connectivity index (χ0) is 12.9. The van der Waals surface area contributed by atoms with Crippen molar-refractivity contribution in [2.24, 2.45) is 5.92 Å². The van der Waals surface area contributed by atoms with Crippen molar-refractivity contribution in [3.63, 3.8) is 0 Å². The van der Waals surface area contributed by atoms with Gasteiger partial charge >= 0.3 is 0 Å². The van der Waals surface area contributed by atoms with Gasteiger partial charge in [-0.15, -0.1) is 0 Å². The van der Waals surface area contributed by atoms with Crippen LogP contribution in [0, 0.1) is 28.6 Å². The molecule has 0 N–H and O–H groups in total. The SMILES string of the molecule is CCOC1OC(C)(C=C(C#N)C#N)CCC1C. The first kappa shape index (κ1) is 13.7. The molecule has 0 aromatic rings. The number of nitriles is 2. The lowest BCUT2D eigenvalue weighted by Crippen LogP contribution is -2.42. The van der Waals surface area contributed by atoms with Gasteiger partial charge in [-0.2, -0.15) is 10.5 Å². The lowest BCUT2D eigenvalue weighted by Gasteiger charge is -2.39. The third kappa shape index (κ3) is 3.56. The summed E-state index contributed by atoms with van der Waals surface area (Å²) < 4.78 is 11.4. The Bertz CT molecular complexity index is 362. The summed E-state index contributed by atoms with van der Waals surface area (Å²) in [5.74, 6) is 0.337. The van der Waals surface area contributed by atoms with Crippen LogP contribution >= 0.6 is 0 Å². The predicted octanol–water partition coefficient (Wildman–Crippen LogP) is 2.53. The summed E-state index contributed by atoms with van der Waals surface area (Å²) in [7, 11) is 0. The maximum absolute atomic E-state index is 8.76. The van der Waals surface area contributed by atoms with Gasteiger partial charge in [-0.25, -0.2) is 0 Å². The van der Waals surface area contributed by atoms with Crippen LogP contribution in [-0.4, -0.2) is 18.5 Å². The highest BCUT2D eigenvalue weighted by Gasteiger charge is 2.36. The molecule has 1 heterocycles. The third-order valence-corrected chi connectivity index (χ3v) is 2.97. The van der Waals surface area contributed by atoms with E-state index in [1.807, 2.05) is 26.0 Å². The van der Waals surface area contributed by atoms with Crippen LogP contribution in [-0.2, 0) is 9.47 Å². The Kier molecular flexibility index (Phi) is 4.69. The molecule has 1 aliphatic heterocycles. The quantitative estimate of drug-likeness (QED) is 0.704. The number of ether oxygens (including phenoxy) is 2. The molecule has 0 radical (unpaired) electrons. The molecule has 0 aromatic heterocycles. The van der Waals surface area contributed by atoms with Gasteiger partial charge in [-0.1, -0.05) is 6.92 Å². The minimum Gasteiger partial charge on any atom is -0.353 e. The van der Waals surface area contributed by atoms with Crippen LogP contribution in [0.5, 0.6) is 0 Å². The summed E-state index contributed by atoms with van der Waals surface area (Å²) in [4.78, 5) is 0. The summed E-state index contributed by atoms with van der Waals surface area (Å²) >= 11 is 0. The van der Waals surface area contributed by atoms with E-state index in [2.05, 4.69) is 6.92 Å². The van der Waals surface area contributed by atoms with E-state index in [-0.39, 0.29) is 11.9 Å². The molecule has 92 valence electrons. The smallest absolute Gasteiger partial charge is 0.161 e. The van der Waals surface area contributed by atoms with E-state index in [0.717, 1.165) is 12.8 Å². The summed E-state index contributed by atoms with van der Waals surface area (Å²) in [6.07, 6.45) is 3.10. The molecule has 0 amide bonds. The van der Waals surface area contributed by atoms with E-state index in [1.165, 1.54) is 0 Å². The fourth-order valence-corrected chi connectivity index (χ4v) is 1.95. The second-order valence-electron chi connectivity index (χ2n) is 4.55. The molecule has 17 heavy (non-hydrogen) atoms. The molecular weight excluding hydrogens is 216 g/mol. The van der Waals surface area contributed by atoms with Gasteiger partial charge in [0.25, 0.3) is 0 Å². The average Bonchev–Trinajstić information content (AvgIpc) is 2.32. The van der Waals surface area contributed by atoms with Crippen molar-refractivity contribution in [3.05, 3.63) is 11.6 Å². The second kappa shape index (κ2) is 5.82. The summed E-state index contributed by atoms with van der Waals surface area (Å²) in [6.45, 7) is 6.49. The Balaban J connectivity index is 2.82. The first-order valence-corrected chi connectivity index (χ1v) is 5.87. The lowest BCUT2D eigenvalue weighted by molar-refractivity contribution is -0.236. The number of rotatable bonds is 3. The zero-order valence-electron chi connectivity index (χ0n) is 10.6. The first-order chi connectivity index (χ1) is 8.04. The maximum Gasteiger partial charge on any atom is 0.161 e. The van der Waals surface area contributed by atoms with Crippen molar-refractivity contribution in [3.8, 4) is 12.1 Å². The van der Waals surface area contributed by atoms with Gasteiger partial charge in [0.05, 0.1) is 5.60 Å². The molecule has 0 bridgehead atoms. The number of allylic oxidation sites excluding steroid dienone is 1. The van der Waals surface area contributed by atoms with Gasteiger partial charge in [0.1, 0.15) is 17.7 Å². The third-order valence-electron chi connectivity index (χ3n) is 2.97. The van der Waals surface area contributed by atoms with Gasteiger partial charge in [0, 0.05) is 12.5 Å². The Morgan fingerprint density at radius 1 is 1.53 bits per heavy atom. The summed E-state index contributed by atoms with van der Waals surface area (Å²) in [6, 6.07) is 3.72. The molecule has 4 nitrogen and oxygen atoms in total. The molecule has 1 fully saturated rings.